The second-order valence-electron chi connectivity index (χ2n) is 7.55. The number of aryl methyl sites for hydroxylation is 2. The average molecular weight is 342 g/mol. The molecule has 2 aromatic rings. The van der Waals surface area contributed by atoms with Crippen LogP contribution in [0.5, 0.6) is 5.75 Å². The first-order valence-corrected chi connectivity index (χ1v) is 9.43. The maximum Gasteiger partial charge on any atom is 0.132 e. The van der Waals surface area contributed by atoms with Gasteiger partial charge in [-0.2, -0.15) is 0 Å². The fourth-order valence-corrected chi connectivity index (χ4v) is 4.29. The molecule has 132 valence electrons. The lowest BCUT2D eigenvalue weighted by molar-refractivity contribution is -1.02. The molecule has 2 aromatic carbocycles. The van der Waals surface area contributed by atoms with Gasteiger partial charge in [-0.05, 0) is 48.6 Å². The van der Waals surface area contributed by atoms with Gasteiger partial charge in [-0.3, -0.25) is 0 Å². The molecule has 0 unspecified atom stereocenters. The molecule has 0 atom stereocenters. The van der Waals surface area contributed by atoms with E-state index in [9.17, 15) is 9.50 Å². The zero-order chi connectivity index (χ0) is 17.2. The van der Waals surface area contributed by atoms with Gasteiger partial charge < -0.3 is 14.9 Å². The van der Waals surface area contributed by atoms with Gasteiger partial charge in [0.1, 0.15) is 50.8 Å². The third-order valence-corrected chi connectivity index (χ3v) is 5.80. The number of phenolic OH excluding ortho intramolecular Hbond substituents is 1. The van der Waals surface area contributed by atoms with Crippen LogP contribution in [0, 0.1) is 5.82 Å². The summed E-state index contributed by atoms with van der Waals surface area (Å²) in [5.41, 5.74) is 4.66. The number of benzene rings is 2. The lowest BCUT2D eigenvalue weighted by Crippen LogP contribution is -3.27. The molecule has 0 radical (unpaired) electrons. The number of phenols is 1. The van der Waals surface area contributed by atoms with Gasteiger partial charge in [-0.25, -0.2) is 4.39 Å². The molecule has 1 aliphatic heterocycles. The lowest BCUT2D eigenvalue weighted by atomic mass is 10.0. The van der Waals surface area contributed by atoms with Crippen molar-refractivity contribution in [2.75, 3.05) is 26.2 Å². The molecule has 0 spiro atoms. The van der Waals surface area contributed by atoms with Crippen LogP contribution in [-0.2, 0) is 25.9 Å². The molecule has 0 amide bonds. The van der Waals surface area contributed by atoms with E-state index < -0.39 is 0 Å². The van der Waals surface area contributed by atoms with Gasteiger partial charge in [0, 0.05) is 11.1 Å². The monoisotopic (exact) mass is 342 g/mol. The zero-order valence-electron chi connectivity index (χ0n) is 14.7. The van der Waals surface area contributed by atoms with Crippen LogP contribution in [0.4, 0.5) is 4.39 Å². The van der Waals surface area contributed by atoms with Crippen LogP contribution in [0.3, 0.4) is 0 Å². The van der Waals surface area contributed by atoms with E-state index in [1.165, 1.54) is 27.3 Å². The van der Waals surface area contributed by atoms with Gasteiger partial charge in [-0.1, -0.05) is 18.2 Å². The van der Waals surface area contributed by atoms with Crippen LogP contribution < -0.4 is 9.80 Å². The Labute approximate surface area is 148 Å². The predicted molar refractivity (Wildman–Crippen MR) is 95.3 cm³/mol. The van der Waals surface area contributed by atoms with Gasteiger partial charge >= 0.3 is 0 Å². The van der Waals surface area contributed by atoms with Gasteiger partial charge in [0.05, 0.1) is 0 Å². The van der Waals surface area contributed by atoms with Crippen LogP contribution in [0.2, 0.25) is 0 Å². The molecule has 0 aromatic heterocycles. The highest BCUT2D eigenvalue weighted by atomic mass is 19.1. The SMILES string of the molecule is Oc1cc2c(cc1C[NH+]1CC[NH+](Cc3ccccc3F)CC1)CCC2. The minimum atomic E-state index is -0.0900. The molecular formula is C21H27FN2O+2. The fraction of sp³-hybridized carbons (Fsp3) is 0.429. The van der Waals surface area contributed by atoms with Crippen molar-refractivity contribution in [1.82, 2.24) is 0 Å². The van der Waals surface area contributed by atoms with Crippen molar-refractivity contribution in [1.29, 1.82) is 0 Å². The van der Waals surface area contributed by atoms with Crippen molar-refractivity contribution in [3.63, 3.8) is 0 Å². The second-order valence-corrected chi connectivity index (χ2v) is 7.55. The Hall–Kier alpha value is -1.91. The Kier molecular flexibility index (Phi) is 4.73. The third-order valence-electron chi connectivity index (χ3n) is 5.80. The maximum absolute atomic E-state index is 13.8. The smallest absolute Gasteiger partial charge is 0.132 e. The number of aromatic hydroxyl groups is 1. The number of quaternary nitrogens is 2. The Bertz CT molecular complexity index is 754. The summed E-state index contributed by atoms with van der Waals surface area (Å²) in [6.07, 6.45) is 3.47. The molecule has 4 rings (SSSR count). The van der Waals surface area contributed by atoms with Crippen LogP contribution in [0.25, 0.3) is 0 Å². The minimum absolute atomic E-state index is 0.0900. The number of fused-ring (bicyclic) bond motifs is 1. The van der Waals surface area contributed by atoms with E-state index in [1.54, 1.807) is 12.1 Å². The molecule has 2 aliphatic rings. The Morgan fingerprint density at radius 3 is 2.12 bits per heavy atom. The first-order chi connectivity index (χ1) is 12.2. The minimum Gasteiger partial charge on any atom is -0.507 e. The van der Waals surface area contributed by atoms with E-state index in [0.29, 0.717) is 5.75 Å². The summed E-state index contributed by atoms with van der Waals surface area (Å²) in [7, 11) is 0. The highest BCUT2D eigenvalue weighted by molar-refractivity contribution is 5.43. The van der Waals surface area contributed by atoms with E-state index >= 15 is 0 Å². The molecule has 0 bridgehead atoms. The summed E-state index contributed by atoms with van der Waals surface area (Å²) in [6.45, 7) is 5.90. The van der Waals surface area contributed by atoms with Gasteiger partial charge in [0.2, 0.25) is 0 Å². The molecule has 3 N–H and O–H groups in total. The van der Waals surface area contributed by atoms with Gasteiger partial charge in [0.25, 0.3) is 0 Å². The highest BCUT2D eigenvalue weighted by Crippen LogP contribution is 2.28. The molecule has 25 heavy (non-hydrogen) atoms. The van der Waals surface area contributed by atoms with Crippen LogP contribution in [0.1, 0.15) is 28.7 Å². The van der Waals surface area contributed by atoms with Crippen molar-refractivity contribution in [3.05, 3.63) is 64.5 Å². The summed E-state index contributed by atoms with van der Waals surface area (Å²) in [6, 6.07) is 11.3. The van der Waals surface area contributed by atoms with Crippen molar-refractivity contribution in [2.24, 2.45) is 0 Å². The number of hydrogen-bond acceptors (Lipinski definition) is 1. The topological polar surface area (TPSA) is 29.1 Å². The Morgan fingerprint density at radius 2 is 1.44 bits per heavy atom. The van der Waals surface area contributed by atoms with Crippen molar-refractivity contribution in [3.8, 4) is 5.75 Å². The predicted octanol–water partition coefficient (Wildman–Crippen LogP) is 0.504. The number of hydrogen-bond donors (Lipinski definition) is 3. The van der Waals surface area contributed by atoms with Crippen molar-refractivity contribution < 1.29 is 19.3 Å². The summed E-state index contributed by atoms with van der Waals surface area (Å²) < 4.78 is 13.8. The van der Waals surface area contributed by atoms with E-state index in [-0.39, 0.29) is 5.82 Å². The molecule has 1 aliphatic carbocycles. The van der Waals surface area contributed by atoms with Gasteiger partial charge in [0.15, 0.2) is 0 Å². The average Bonchev–Trinajstić information content (AvgIpc) is 3.06. The van der Waals surface area contributed by atoms with Crippen LogP contribution >= 0.6 is 0 Å². The van der Waals surface area contributed by atoms with Crippen molar-refractivity contribution >= 4 is 0 Å². The number of piperazine rings is 1. The Balaban J connectivity index is 1.34. The summed E-state index contributed by atoms with van der Waals surface area (Å²) in [5.74, 6) is 0.377. The molecule has 1 heterocycles. The molecule has 1 fully saturated rings. The second kappa shape index (κ2) is 7.14. The summed E-state index contributed by atoms with van der Waals surface area (Å²) >= 11 is 0. The number of nitrogens with one attached hydrogen (secondary N) is 2. The summed E-state index contributed by atoms with van der Waals surface area (Å²) in [5, 5.41) is 10.3. The first kappa shape index (κ1) is 16.6. The lowest BCUT2D eigenvalue weighted by Gasteiger charge is -2.30. The van der Waals surface area contributed by atoms with Crippen LogP contribution in [-0.4, -0.2) is 31.3 Å². The molecule has 0 saturated carbocycles. The highest BCUT2D eigenvalue weighted by Gasteiger charge is 2.25. The number of rotatable bonds is 4. The standard InChI is InChI=1S/C21H25FN2O/c22-20-7-2-1-4-18(20)14-23-8-10-24(11-9-23)15-19-12-16-5-3-6-17(16)13-21(19)25/h1-2,4,7,12-13,25H,3,5-6,8-11,14-15H2/p+2. The quantitative estimate of drug-likeness (QED) is 0.742. The molecular weight excluding hydrogens is 315 g/mol. The zero-order valence-corrected chi connectivity index (χ0v) is 14.7. The maximum atomic E-state index is 13.8. The Morgan fingerprint density at radius 1 is 0.840 bits per heavy atom. The van der Waals surface area contributed by atoms with Crippen LogP contribution in [0.15, 0.2) is 36.4 Å². The number of halogens is 1. The largest absolute Gasteiger partial charge is 0.507 e. The van der Waals surface area contributed by atoms with Crippen molar-refractivity contribution in [2.45, 2.75) is 32.4 Å². The summed E-state index contributed by atoms with van der Waals surface area (Å²) in [4.78, 5) is 2.97. The molecule has 3 nitrogen and oxygen atoms in total. The van der Waals surface area contributed by atoms with E-state index in [4.69, 9.17) is 0 Å². The first-order valence-electron chi connectivity index (χ1n) is 9.43. The molecule has 4 heteroatoms. The van der Waals surface area contributed by atoms with E-state index in [1.807, 2.05) is 18.2 Å². The molecule has 1 saturated heterocycles. The fourth-order valence-electron chi connectivity index (χ4n) is 4.29. The van der Waals surface area contributed by atoms with E-state index in [0.717, 1.165) is 63.2 Å². The third kappa shape index (κ3) is 3.70. The van der Waals surface area contributed by atoms with Gasteiger partial charge in [-0.15, -0.1) is 0 Å². The van der Waals surface area contributed by atoms with E-state index in [2.05, 4.69) is 6.07 Å². The normalized spacial score (nSPS) is 22.8.